The molecule has 0 bridgehead atoms. The molecular formula is C16H29NO3. The molecule has 0 radical (unpaired) electrons. The second-order valence-electron chi connectivity index (χ2n) is 6.64. The third-order valence-electron chi connectivity index (χ3n) is 4.29. The van der Waals surface area contributed by atoms with Crippen molar-refractivity contribution in [3.05, 3.63) is 0 Å². The molecule has 1 saturated carbocycles. The average Bonchev–Trinajstić information content (AvgIpc) is 2.35. The minimum absolute atomic E-state index is 0.0284. The predicted octanol–water partition coefficient (Wildman–Crippen LogP) is 2.86. The summed E-state index contributed by atoms with van der Waals surface area (Å²) in [4.78, 5) is 24.9. The first kappa shape index (κ1) is 17.0. The van der Waals surface area contributed by atoms with Gasteiger partial charge in [-0.3, -0.25) is 9.59 Å². The number of nitrogens with zero attached hydrogens (tertiary/aromatic N) is 1. The lowest BCUT2D eigenvalue weighted by Crippen LogP contribution is -2.36. The van der Waals surface area contributed by atoms with Gasteiger partial charge in [0.2, 0.25) is 5.91 Å². The van der Waals surface area contributed by atoms with Crippen LogP contribution in [-0.2, 0) is 14.3 Å². The van der Waals surface area contributed by atoms with Gasteiger partial charge in [0.1, 0.15) is 6.10 Å². The lowest BCUT2D eigenvalue weighted by atomic mass is 9.75. The number of hydrogen-bond acceptors (Lipinski definition) is 3. The van der Waals surface area contributed by atoms with Crippen LogP contribution in [0.4, 0.5) is 0 Å². The third-order valence-corrected chi connectivity index (χ3v) is 4.29. The van der Waals surface area contributed by atoms with E-state index in [1.54, 1.807) is 14.1 Å². The van der Waals surface area contributed by atoms with E-state index >= 15 is 0 Å². The first-order valence-corrected chi connectivity index (χ1v) is 7.70. The molecule has 0 unspecified atom stereocenters. The fraction of sp³-hybridized carbons (Fsp3) is 0.875. The van der Waals surface area contributed by atoms with Crippen molar-refractivity contribution < 1.29 is 14.3 Å². The fourth-order valence-corrected chi connectivity index (χ4v) is 2.91. The Bertz CT molecular complexity index is 339. The van der Waals surface area contributed by atoms with E-state index in [0.717, 1.165) is 12.8 Å². The van der Waals surface area contributed by atoms with Crippen LogP contribution in [0, 0.1) is 17.8 Å². The van der Waals surface area contributed by atoms with Crippen LogP contribution >= 0.6 is 0 Å². The highest BCUT2D eigenvalue weighted by Crippen LogP contribution is 2.35. The summed E-state index contributed by atoms with van der Waals surface area (Å²) in [5, 5.41) is 0. The fourth-order valence-electron chi connectivity index (χ4n) is 2.91. The molecular weight excluding hydrogens is 254 g/mol. The molecule has 0 aliphatic heterocycles. The number of esters is 1. The zero-order valence-electron chi connectivity index (χ0n) is 13.5. The van der Waals surface area contributed by atoms with Gasteiger partial charge >= 0.3 is 5.97 Å². The molecule has 116 valence electrons. The van der Waals surface area contributed by atoms with E-state index in [0.29, 0.717) is 17.8 Å². The van der Waals surface area contributed by atoms with Crippen molar-refractivity contribution in [3.63, 3.8) is 0 Å². The Morgan fingerprint density at radius 2 is 1.85 bits per heavy atom. The average molecular weight is 283 g/mol. The van der Waals surface area contributed by atoms with Crippen LogP contribution in [0.25, 0.3) is 0 Å². The summed E-state index contributed by atoms with van der Waals surface area (Å²) in [5.74, 6) is 1.35. The van der Waals surface area contributed by atoms with Crippen LogP contribution in [0.2, 0.25) is 0 Å². The monoisotopic (exact) mass is 283 g/mol. The zero-order valence-corrected chi connectivity index (χ0v) is 13.5. The van der Waals surface area contributed by atoms with Crippen LogP contribution in [0.3, 0.4) is 0 Å². The predicted molar refractivity (Wildman–Crippen MR) is 79.2 cm³/mol. The van der Waals surface area contributed by atoms with Crippen molar-refractivity contribution in [1.29, 1.82) is 0 Å². The summed E-state index contributed by atoms with van der Waals surface area (Å²) in [6.07, 6.45) is 3.76. The SMILES string of the molecule is CC(C)[C@@H]1CC[C@@H](C)C[C@@H]1OC(=O)CCC(=O)N(C)C. The number of carbonyl (C=O) groups is 2. The minimum Gasteiger partial charge on any atom is -0.462 e. The Hall–Kier alpha value is -1.06. The largest absolute Gasteiger partial charge is 0.462 e. The summed E-state index contributed by atoms with van der Waals surface area (Å²) in [7, 11) is 3.40. The van der Waals surface area contributed by atoms with Crippen LogP contribution in [0.1, 0.15) is 52.9 Å². The molecule has 0 aromatic rings. The normalized spacial score (nSPS) is 26.4. The number of carbonyl (C=O) groups excluding carboxylic acids is 2. The van der Waals surface area contributed by atoms with Gasteiger partial charge in [0.15, 0.2) is 0 Å². The second-order valence-corrected chi connectivity index (χ2v) is 6.64. The van der Waals surface area contributed by atoms with E-state index in [1.807, 2.05) is 0 Å². The molecule has 0 N–H and O–H groups in total. The standard InChI is InChI=1S/C16H29NO3/c1-11(2)13-7-6-12(3)10-14(13)20-16(19)9-8-15(18)17(4)5/h11-14H,6-10H2,1-5H3/t12-,13+,14+/m1/s1. The molecule has 0 saturated heterocycles. The van der Waals surface area contributed by atoms with Crippen molar-refractivity contribution in [2.45, 2.75) is 59.0 Å². The van der Waals surface area contributed by atoms with E-state index in [9.17, 15) is 9.59 Å². The van der Waals surface area contributed by atoms with Crippen LogP contribution in [-0.4, -0.2) is 37.0 Å². The Kier molecular flexibility index (Phi) is 6.50. The highest BCUT2D eigenvalue weighted by molar-refractivity contribution is 5.81. The topological polar surface area (TPSA) is 46.6 Å². The van der Waals surface area contributed by atoms with Crippen LogP contribution < -0.4 is 0 Å². The molecule has 4 heteroatoms. The van der Waals surface area contributed by atoms with E-state index in [4.69, 9.17) is 4.74 Å². The summed E-state index contributed by atoms with van der Waals surface area (Å²) >= 11 is 0. The van der Waals surface area contributed by atoms with Crippen molar-refractivity contribution in [1.82, 2.24) is 4.90 Å². The van der Waals surface area contributed by atoms with Crippen LogP contribution in [0.5, 0.6) is 0 Å². The van der Waals surface area contributed by atoms with Crippen molar-refractivity contribution in [2.75, 3.05) is 14.1 Å². The van der Waals surface area contributed by atoms with E-state index in [2.05, 4.69) is 20.8 Å². The van der Waals surface area contributed by atoms with Gasteiger partial charge in [-0.2, -0.15) is 0 Å². The summed E-state index contributed by atoms with van der Waals surface area (Å²) in [6.45, 7) is 6.60. The molecule has 1 aliphatic carbocycles. The van der Waals surface area contributed by atoms with Crippen molar-refractivity contribution in [2.24, 2.45) is 17.8 Å². The van der Waals surface area contributed by atoms with Gasteiger partial charge in [-0.05, 0) is 30.6 Å². The number of amides is 1. The van der Waals surface area contributed by atoms with Gasteiger partial charge in [0.05, 0.1) is 6.42 Å². The molecule has 1 fully saturated rings. The van der Waals surface area contributed by atoms with Gasteiger partial charge in [0, 0.05) is 20.5 Å². The van der Waals surface area contributed by atoms with Crippen molar-refractivity contribution >= 4 is 11.9 Å². The molecule has 1 aliphatic rings. The van der Waals surface area contributed by atoms with Gasteiger partial charge in [0.25, 0.3) is 0 Å². The molecule has 20 heavy (non-hydrogen) atoms. The van der Waals surface area contributed by atoms with E-state index in [-0.39, 0.29) is 30.8 Å². The molecule has 0 heterocycles. The molecule has 4 nitrogen and oxygen atoms in total. The third kappa shape index (κ3) is 5.14. The molecule has 0 aromatic heterocycles. The van der Waals surface area contributed by atoms with E-state index in [1.165, 1.54) is 11.3 Å². The minimum atomic E-state index is -0.232. The lowest BCUT2D eigenvalue weighted by Gasteiger charge is -2.36. The van der Waals surface area contributed by atoms with Gasteiger partial charge in [-0.25, -0.2) is 0 Å². The molecule has 1 amide bonds. The first-order chi connectivity index (χ1) is 9.31. The molecule has 0 aromatic carbocycles. The van der Waals surface area contributed by atoms with Gasteiger partial charge in [-0.1, -0.05) is 27.2 Å². The Morgan fingerprint density at radius 3 is 2.40 bits per heavy atom. The number of ether oxygens (including phenoxy) is 1. The number of hydrogen-bond donors (Lipinski definition) is 0. The molecule has 0 spiro atoms. The lowest BCUT2D eigenvalue weighted by molar-refractivity contribution is -0.157. The van der Waals surface area contributed by atoms with Gasteiger partial charge in [-0.15, -0.1) is 0 Å². The summed E-state index contributed by atoms with van der Waals surface area (Å²) in [5.41, 5.74) is 0. The van der Waals surface area contributed by atoms with Crippen LogP contribution in [0.15, 0.2) is 0 Å². The maximum absolute atomic E-state index is 11.9. The highest BCUT2D eigenvalue weighted by Gasteiger charge is 2.33. The summed E-state index contributed by atoms with van der Waals surface area (Å²) < 4.78 is 5.66. The Labute approximate surface area is 122 Å². The molecule has 3 atom stereocenters. The van der Waals surface area contributed by atoms with E-state index < -0.39 is 0 Å². The maximum Gasteiger partial charge on any atom is 0.306 e. The highest BCUT2D eigenvalue weighted by atomic mass is 16.5. The zero-order chi connectivity index (χ0) is 15.3. The van der Waals surface area contributed by atoms with Gasteiger partial charge < -0.3 is 9.64 Å². The second kappa shape index (κ2) is 7.65. The smallest absolute Gasteiger partial charge is 0.306 e. The molecule has 1 rings (SSSR count). The number of rotatable bonds is 5. The van der Waals surface area contributed by atoms with Crippen molar-refractivity contribution in [3.8, 4) is 0 Å². The summed E-state index contributed by atoms with van der Waals surface area (Å²) in [6, 6.07) is 0. The Balaban J connectivity index is 2.47. The first-order valence-electron chi connectivity index (χ1n) is 7.70. The quantitative estimate of drug-likeness (QED) is 0.729. The Morgan fingerprint density at radius 1 is 1.20 bits per heavy atom. The maximum atomic E-state index is 11.9.